The predicted octanol–water partition coefficient (Wildman–Crippen LogP) is 1.62. The van der Waals surface area contributed by atoms with E-state index in [1.807, 2.05) is 22.7 Å². The zero-order valence-corrected chi connectivity index (χ0v) is 11.0. The van der Waals surface area contributed by atoms with Crippen LogP contribution in [-0.4, -0.2) is 21.2 Å². The van der Waals surface area contributed by atoms with Crippen LogP contribution in [0.3, 0.4) is 0 Å². The molecule has 3 rings (SSSR count). The number of rotatable bonds is 1. The number of carbonyl (C=O) groups excluding carboxylic acids is 2. The van der Waals surface area contributed by atoms with Crippen LogP contribution in [0, 0.1) is 0 Å². The molecule has 0 spiro atoms. The number of imidazole rings is 1. The Morgan fingerprint density at radius 3 is 3.00 bits per heavy atom. The molecule has 1 fully saturated rings. The van der Waals surface area contributed by atoms with Crippen LogP contribution in [0.15, 0.2) is 29.0 Å². The summed E-state index contributed by atoms with van der Waals surface area (Å²) >= 11 is 3.41. The molecule has 0 aromatic carbocycles. The third kappa shape index (κ3) is 1.82. The van der Waals surface area contributed by atoms with Gasteiger partial charge in [0.25, 0.3) is 0 Å². The normalized spacial score (nSPS) is 20.2. The first-order valence-electron chi connectivity index (χ1n) is 5.61. The highest BCUT2D eigenvalue weighted by atomic mass is 79.9. The van der Waals surface area contributed by atoms with Crippen molar-refractivity contribution in [1.82, 2.24) is 14.7 Å². The Morgan fingerprint density at radius 2 is 2.22 bits per heavy atom. The van der Waals surface area contributed by atoms with Crippen molar-refractivity contribution in [1.29, 1.82) is 0 Å². The van der Waals surface area contributed by atoms with E-state index in [-0.39, 0.29) is 17.7 Å². The quantitative estimate of drug-likeness (QED) is 0.814. The van der Waals surface area contributed by atoms with Gasteiger partial charge in [-0.15, -0.1) is 0 Å². The third-order valence-electron chi connectivity index (χ3n) is 3.10. The number of halogens is 1. The van der Waals surface area contributed by atoms with Crippen molar-refractivity contribution in [2.45, 2.75) is 18.8 Å². The number of hydrogen-bond donors (Lipinski definition) is 1. The minimum atomic E-state index is -0.308. The molecular formula is C12H10BrN3O2. The summed E-state index contributed by atoms with van der Waals surface area (Å²) < 4.78 is 2.76. The summed E-state index contributed by atoms with van der Waals surface area (Å²) in [7, 11) is 0. The van der Waals surface area contributed by atoms with Crippen LogP contribution in [0.5, 0.6) is 0 Å². The molecule has 0 aliphatic carbocycles. The van der Waals surface area contributed by atoms with Crippen LogP contribution in [0.4, 0.5) is 0 Å². The number of fused-ring (bicyclic) bond motifs is 1. The minimum absolute atomic E-state index is 0.201. The van der Waals surface area contributed by atoms with Gasteiger partial charge in [0.1, 0.15) is 5.65 Å². The smallest absolute Gasteiger partial charge is 0.235 e. The van der Waals surface area contributed by atoms with Gasteiger partial charge in [0, 0.05) is 29.0 Å². The average Bonchev–Trinajstić information content (AvgIpc) is 2.76. The monoisotopic (exact) mass is 307 g/mol. The number of hydrogen-bond acceptors (Lipinski definition) is 3. The number of pyridine rings is 1. The summed E-state index contributed by atoms with van der Waals surface area (Å²) in [6, 6.07) is 3.78. The van der Waals surface area contributed by atoms with Gasteiger partial charge in [-0.2, -0.15) is 0 Å². The van der Waals surface area contributed by atoms with Crippen molar-refractivity contribution in [2.24, 2.45) is 0 Å². The molecule has 5 nitrogen and oxygen atoms in total. The number of nitrogens with one attached hydrogen (secondary N) is 1. The Balaban J connectivity index is 2.11. The number of nitrogens with zero attached hydrogens (tertiary/aromatic N) is 2. The van der Waals surface area contributed by atoms with E-state index in [0.717, 1.165) is 15.8 Å². The van der Waals surface area contributed by atoms with E-state index in [0.29, 0.717) is 12.8 Å². The highest BCUT2D eigenvalue weighted by Gasteiger charge is 2.29. The fourth-order valence-electron chi connectivity index (χ4n) is 2.26. The second-order valence-corrected chi connectivity index (χ2v) is 5.17. The second-order valence-electron chi connectivity index (χ2n) is 4.26. The fourth-order valence-corrected chi connectivity index (χ4v) is 2.70. The molecule has 1 aliphatic heterocycles. The molecule has 1 N–H and O–H groups in total. The summed E-state index contributed by atoms with van der Waals surface area (Å²) in [6.45, 7) is 0. The Morgan fingerprint density at radius 1 is 1.39 bits per heavy atom. The lowest BCUT2D eigenvalue weighted by Gasteiger charge is -2.22. The van der Waals surface area contributed by atoms with Gasteiger partial charge in [0.2, 0.25) is 11.8 Å². The maximum absolute atomic E-state index is 11.9. The Labute approximate surface area is 111 Å². The van der Waals surface area contributed by atoms with Crippen LogP contribution in [-0.2, 0) is 9.59 Å². The van der Waals surface area contributed by atoms with E-state index < -0.39 is 0 Å². The molecule has 1 unspecified atom stereocenters. The molecule has 0 bridgehead atoms. The fraction of sp³-hybridized carbons (Fsp3) is 0.250. The summed E-state index contributed by atoms with van der Waals surface area (Å²) in [4.78, 5) is 27.3. The van der Waals surface area contributed by atoms with Gasteiger partial charge in [-0.1, -0.05) is 15.9 Å². The van der Waals surface area contributed by atoms with Crippen molar-refractivity contribution in [3.63, 3.8) is 0 Å². The molecule has 6 heteroatoms. The first-order valence-corrected chi connectivity index (χ1v) is 6.40. The summed E-state index contributed by atoms with van der Waals surface area (Å²) in [5.74, 6) is -0.746. The lowest BCUT2D eigenvalue weighted by Crippen LogP contribution is -2.40. The molecule has 92 valence electrons. The number of amides is 2. The minimum Gasteiger partial charge on any atom is -0.303 e. The van der Waals surface area contributed by atoms with Crippen molar-refractivity contribution >= 4 is 33.4 Å². The standard InChI is InChI=1S/C12H10BrN3O2/c13-7-5-9(16-4-3-14-10(16)6-7)8-1-2-11(17)15-12(8)18/h3-6,8H,1-2H2,(H,15,17,18). The van der Waals surface area contributed by atoms with Crippen molar-refractivity contribution < 1.29 is 9.59 Å². The molecule has 1 atom stereocenters. The topological polar surface area (TPSA) is 63.5 Å². The van der Waals surface area contributed by atoms with E-state index in [1.54, 1.807) is 6.20 Å². The van der Waals surface area contributed by atoms with Gasteiger partial charge in [0.05, 0.1) is 5.92 Å². The van der Waals surface area contributed by atoms with E-state index in [9.17, 15) is 9.59 Å². The molecular weight excluding hydrogens is 298 g/mol. The van der Waals surface area contributed by atoms with Crippen LogP contribution in [0.2, 0.25) is 0 Å². The Hall–Kier alpha value is -1.69. The van der Waals surface area contributed by atoms with E-state index in [1.165, 1.54) is 0 Å². The van der Waals surface area contributed by atoms with E-state index in [2.05, 4.69) is 26.2 Å². The molecule has 1 saturated heterocycles. The van der Waals surface area contributed by atoms with Crippen LogP contribution >= 0.6 is 15.9 Å². The number of piperidine rings is 1. The maximum atomic E-state index is 11.9. The first-order chi connectivity index (χ1) is 8.65. The molecule has 2 aromatic rings. The van der Waals surface area contributed by atoms with Crippen molar-refractivity contribution in [3.05, 3.63) is 34.7 Å². The lowest BCUT2D eigenvalue weighted by atomic mass is 9.94. The highest BCUT2D eigenvalue weighted by molar-refractivity contribution is 9.10. The van der Waals surface area contributed by atoms with Crippen molar-refractivity contribution in [3.8, 4) is 0 Å². The summed E-state index contributed by atoms with van der Waals surface area (Å²) in [6.07, 6.45) is 4.42. The van der Waals surface area contributed by atoms with Gasteiger partial charge in [0.15, 0.2) is 0 Å². The first kappa shape index (κ1) is 11.4. The molecule has 0 radical (unpaired) electrons. The van der Waals surface area contributed by atoms with E-state index >= 15 is 0 Å². The van der Waals surface area contributed by atoms with E-state index in [4.69, 9.17) is 0 Å². The van der Waals surface area contributed by atoms with Crippen molar-refractivity contribution in [2.75, 3.05) is 0 Å². The molecule has 18 heavy (non-hydrogen) atoms. The zero-order valence-electron chi connectivity index (χ0n) is 9.39. The van der Waals surface area contributed by atoms with Crippen LogP contribution in [0.25, 0.3) is 5.65 Å². The second kappa shape index (κ2) is 4.20. The Bertz CT molecular complexity index is 650. The number of carbonyl (C=O) groups is 2. The summed E-state index contributed by atoms with van der Waals surface area (Å²) in [5, 5.41) is 2.38. The van der Waals surface area contributed by atoms with Crippen LogP contribution in [0.1, 0.15) is 24.5 Å². The van der Waals surface area contributed by atoms with Gasteiger partial charge >= 0.3 is 0 Å². The largest absolute Gasteiger partial charge is 0.303 e. The molecule has 0 saturated carbocycles. The number of imide groups is 1. The SMILES string of the molecule is O=C1CCC(c2cc(Br)cc3nccn23)C(=O)N1. The maximum Gasteiger partial charge on any atom is 0.235 e. The molecule has 3 heterocycles. The zero-order chi connectivity index (χ0) is 12.7. The molecule has 1 aliphatic rings. The molecule has 2 amide bonds. The summed E-state index contributed by atoms with van der Waals surface area (Å²) in [5.41, 5.74) is 1.63. The van der Waals surface area contributed by atoms with Gasteiger partial charge in [-0.25, -0.2) is 4.98 Å². The Kier molecular flexibility index (Phi) is 2.66. The van der Waals surface area contributed by atoms with Gasteiger partial charge in [-0.3, -0.25) is 14.9 Å². The predicted molar refractivity (Wildman–Crippen MR) is 68.0 cm³/mol. The lowest BCUT2D eigenvalue weighted by molar-refractivity contribution is -0.134. The average molecular weight is 308 g/mol. The molecule has 2 aromatic heterocycles. The van der Waals surface area contributed by atoms with Gasteiger partial charge in [-0.05, 0) is 18.6 Å². The number of aromatic nitrogens is 2. The van der Waals surface area contributed by atoms with Crippen LogP contribution < -0.4 is 5.32 Å². The highest BCUT2D eigenvalue weighted by Crippen LogP contribution is 2.28. The van der Waals surface area contributed by atoms with Gasteiger partial charge < -0.3 is 4.40 Å². The third-order valence-corrected chi connectivity index (χ3v) is 3.55.